The molecule has 0 unspecified atom stereocenters. The molecule has 0 aromatic carbocycles. The normalized spacial score (nSPS) is 19.9. The summed E-state index contributed by atoms with van der Waals surface area (Å²) in [5.74, 6) is 0.281. The molecule has 1 aliphatic heterocycles. The van der Waals surface area contributed by atoms with Gasteiger partial charge in [-0.3, -0.25) is 0 Å². The number of nitrogens with zero attached hydrogens (tertiary/aromatic N) is 3. The van der Waals surface area contributed by atoms with Crippen molar-refractivity contribution in [1.29, 1.82) is 0 Å². The SMILES string of the molecule is CC(C)c1cc(N2CCC[C@@H]2C(=O)O)ncn1. The van der Waals surface area contributed by atoms with Crippen LogP contribution in [-0.2, 0) is 4.79 Å². The van der Waals surface area contributed by atoms with Crippen molar-refractivity contribution in [2.75, 3.05) is 11.4 Å². The van der Waals surface area contributed by atoms with E-state index in [0.29, 0.717) is 12.3 Å². The highest BCUT2D eigenvalue weighted by Crippen LogP contribution is 2.25. The van der Waals surface area contributed by atoms with Crippen molar-refractivity contribution in [3.8, 4) is 0 Å². The van der Waals surface area contributed by atoms with Crippen molar-refractivity contribution in [3.05, 3.63) is 18.1 Å². The first-order valence-corrected chi connectivity index (χ1v) is 5.91. The van der Waals surface area contributed by atoms with Crippen molar-refractivity contribution >= 4 is 11.8 Å². The Kier molecular flexibility index (Phi) is 3.26. The molecule has 92 valence electrons. The van der Waals surface area contributed by atoms with Crippen molar-refractivity contribution in [3.63, 3.8) is 0 Å². The largest absolute Gasteiger partial charge is 0.480 e. The molecular formula is C12H17N3O2. The Bertz CT molecular complexity index is 420. The lowest BCUT2D eigenvalue weighted by Crippen LogP contribution is -2.36. The lowest BCUT2D eigenvalue weighted by Gasteiger charge is -2.22. The third kappa shape index (κ3) is 2.38. The van der Waals surface area contributed by atoms with Crippen LogP contribution in [-0.4, -0.2) is 33.6 Å². The van der Waals surface area contributed by atoms with Crippen LogP contribution in [0.5, 0.6) is 0 Å². The van der Waals surface area contributed by atoms with E-state index < -0.39 is 12.0 Å². The second-order valence-electron chi connectivity index (χ2n) is 4.65. The maximum absolute atomic E-state index is 11.1. The molecule has 2 heterocycles. The molecular weight excluding hydrogens is 218 g/mol. The summed E-state index contributed by atoms with van der Waals surface area (Å²) in [7, 11) is 0. The fourth-order valence-corrected chi connectivity index (χ4v) is 2.13. The van der Waals surface area contributed by atoms with Crippen LogP contribution in [0.25, 0.3) is 0 Å². The van der Waals surface area contributed by atoms with Gasteiger partial charge >= 0.3 is 5.97 Å². The van der Waals surface area contributed by atoms with Crippen LogP contribution in [0.1, 0.15) is 38.3 Å². The summed E-state index contributed by atoms with van der Waals surface area (Å²) in [6.07, 6.45) is 3.11. The van der Waals surface area contributed by atoms with Gasteiger partial charge in [0.25, 0.3) is 0 Å². The minimum atomic E-state index is -0.771. The Morgan fingerprint density at radius 3 is 2.94 bits per heavy atom. The summed E-state index contributed by atoms with van der Waals surface area (Å²) in [5, 5.41) is 9.14. The van der Waals surface area contributed by atoms with Gasteiger partial charge in [0, 0.05) is 18.3 Å². The van der Waals surface area contributed by atoms with E-state index in [1.807, 2.05) is 11.0 Å². The first-order valence-electron chi connectivity index (χ1n) is 5.91. The van der Waals surface area contributed by atoms with E-state index in [1.165, 1.54) is 6.33 Å². The summed E-state index contributed by atoms with van der Waals surface area (Å²) >= 11 is 0. The molecule has 1 fully saturated rings. The monoisotopic (exact) mass is 235 g/mol. The van der Waals surface area contributed by atoms with Crippen molar-refractivity contribution in [2.24, 2.45) is 0 Å². The van der Waals surface area contributed by atoms with Crippen LogP contribution in [0.15, 0.2) is 12.4 Å². The second-order valence-corrected chi connectivity index (χ2v) is 4.65. The van der Waals surface area contributed by atoms with Crippen molar-refractivity contribution in [1.82, 2.24) is 9.97 Å². The molecule has 1 saturated heterocycles. The number of rotatable bonds is 3. The minimum absolute atomic E-state index is 0.322. The lowest BCUT2D eigenvalue weighted by molar-refractivity contribution is -0.138. The number of anilines is 1. The van der Waals surface area contributed by atoms with Gasteiger partial charge in [-0.15, -0.1) is 0 Å². The molecule has 5 heteroatoms. The Balaban J connectivity index is 2.27. The average molecular weight is 235 g/mol. The van der Waals surface area contributed by atoms with Crippen LogP contribution in [0.3, 0.4) is 0 Å². The Morgan fingerprint density at radius 1 is 1.53 bits per heavy atom. The van der Waals surface area contributed by atoms with Gasteiger partial charge in [0.15, 0.2) is 0 Å². The van der Waals surface area contributed by atoms with Crippen molar-refractivity contribution in [2.45, 2.75) is 38.6 Å². The Hall–Kier alpha value is -1.65. The maximum atomic E-state index is 11.1. The Morgan fingerprint density at radius 2 is 2.29 bits per heavy atom. The van der Waals surface area contributed by atoms with Gasteiger partial charge in [-0.05, 0) is 18.8 Å². The van der Waals surface area contributed by atoms with Crippen molar-refractivity contribution < 1.29 is 9.90 Å². The molecule has 0 amide bonds. The molecule has 1 atom stereocenters. The molecule has 5 nitrogen and oxygen atoms in total. The summed E-state index contributed by atoms with van der Waals surface area (Å²) < 4.78 is 0. The number of carbonyl (C=O) groups is 1. The molecule has 0 aliphatic carbocycles. The third-order valence-electron chi connectivity index (χ3n) is 3.10. The standard InChI is InChI=1S/C12H17N3O2/c1-8(2)9-6-11(14-7-13-9)15-5-3-4-10(15)12(16)17/h6-8,10H,3-5H2,1-2H3,(H,16,17)/t10-/m1/s1. The number of carboxylic acid groups (broad SMARTS) is 1. The van der Waals surface area contributed by atoms with E-state index in [9.17, 15) is 4.79 Å². The van der Waals surface area contributed by atoms with Crippen LogP contribution in [0, 0.1) is 0 Å². The number of aromatic nitrogens is 2. The molecule has 0 radical (unpaired) electrons. The molecule has 0 spiro atoms. The summed E-state index contributed by atoms with van der Waals surface area (Å²) in [5.41, 5.74) is 0.950. The minimum Gasteiger partial charge on any atom is -0.480 e. The van der Waals surface area contributed by atoms with Gasteiger partial charge in [0.1, 0.15) is 18.2 Å². The second kappa shape index (κ2) is 4.69. The van der Waals surface area contributed by atoms with E-state index in [1.54, 1.807) is 0 Å². The third-order valence-corrected chi connectivity index (χ3v) is 3.10. The summed E-state index contributed by atoms with van der Waals surface area (Å²) in [4.78, 5) is 21.4. The number of aliphatic carboxylic acids is 1. The van der Waals surface area contributed by atoms with E-state index >= 15 is 0 Å². The molecule has 0 saturated carbocycles. The van der Waals surface area contributed by atoms with E-state index in [2.05, 4.69) is 23.8 Å². The number of hydrogen-bond donors (Lipinski definition) is 1. The predicted octanol–water partition coefficient (Wildman–Crippen LogP) is 1.65. The topological polar surface area (TPSA) is 66.3 Å². The average Bonchev–Trinajstić information content (AvgIpc) is 2.78. The fraction of sp³-hybridized carbons (Fsp3) is 0.583. The molecule has 1 aromatic heterocycles. The lowest BCUT2D eigenvalue weighted by atomic mass is 10.1. The smallest absolute Gasteiger partial charge is 0.326 e. The molecule has 2 rings (SSSR count). The van der Waals surface area contributed by atoms with Crippen LogP contribution >= 0.6 is 0 Å². The fourth-order valence-electron chi connectivity index (χ4n) is 2.13. The number of carboxylic acids is 1. The summed E-state index contributed by atoms with van der Waals surface area (Å²) in [6.45, 7) is 4.88. The summed E-state index contributed by atoms with van der Waals surface area (Å²) in [6, 6.07) is 1.45. The van der Waals surface area contributed by atoms with Gasteiger partial charge in [-0.25, -0.2) is 14.8 Å². The predicted molar refractivity (Wildman–Crippen MR) is 64.1 cm³/mol. The quantitative estimate of drug-likeness (QED) is 0.863. The molecule has 1 N–H and O–H groups in total. The molecule has 1 aliphatic rings. The van der Waals surface area contributed by atoms with E-state index in [-0.39, 0.29) is 0 Å². The zero-order valence-electron chi connectivity index (χ0n) is 10.1. The van der Waals surface area contributed by atoms with E-state index in [0.717, 1.165) is 24.5 Å². The van der Waals surface area contributed by atoms with Gasteiger partial charge in [0.05, 0.1) is 0 Å². The van der Waals surface area contributed by atoms with Crippen LogP contribution in [0.4, 0.5) is 5.82 Å². The van der Waals surface area contributed by atoms with Gasteiger partial charge < -0.3 is 10.0 Å². The zero-order valence-corrected chi connectivity index (χ0v) is 10.1. The zero-order chi connectivity index (χ0) is 12.4. The highest BCUT2D eigenvalue weighted by atomic mass is 16.4. The van der Waals surface area contributed by atoms with E-state index in [4.69, 9.17) is 5.11 Å². The van der Waals surface area contributed by atoms with Crippen LogP contribution in [0.2, 0.25) is 0 Å². The first kappa shape index (κ1) is 11.8. The molecule has 17 heavy (non-hydrogen) atoms. The van der Waals surface area contributed by atoms with Gasteiger partial charge in [0.2, 0.25) is 0 Å². The van der Waals surface area contributed by atoms with Crippen LogP contribution < -0.4 is 4.90 Å². The Labute approximate surface area is 100 Å². The highest BCUT2D eigenvalue weighted by molar-refractivity contribution is 5.78. The molecule has 0 bridgehead atoms. The van der Waals surface area contributed by atoms with Gasteiger partial charge in [-0.1, -0.05) is 13.8 Å². The van der Waals surface area contributed by atoms with Gasteiger partial charge in [-0.2, -0.15) is 0 Å². The number of hydrogen-bond acceptors (Lipinski definition) is 4. The highest BCUT2D eigenvalue weighted by Gasteiger charge is 2.31. The maximum Gasteiger partial charge on any atom is 0.326 e. The molecule has 1 aromatic rings. The first-order chi connectivity index (χ1) is 8.09.